The SMILES string of the molecule is CCOC(=O)c1oc2ccccc2c1NC(=O)c1ccc(S(=O)(=O)N2CCCCC2C)cc1. The fraction of sp³-hybridized carbons (Fsp3) is 0.333. The second-order valence-corrected chi connectivity index (χ2v) is 9.85. The molecule has 8 nitrogen and oxygen atoms in total. The molecule has 1 amide bonds. The van der Waals surface area contributed by atoms with Gasteiger partial charge >= 0.3 is 5.97 Å². The molecule has 1 unspecified atom stereocenters. The lowest BCUT2D eigenvalue weighted by Gasteiger charge is -2.32. The monoisotopic (exact) mass is 470 g/mol. The van der Waals surface area contributed by atoms with Gasteiger partial charge in [0.1, 0.15) is 11.3 Å². The molecule has 0 spiro atoms. The van der Waals surface area contributed by atoms with Crippen molar-refractivity contribution in [2.45, 2.75) is 44.0 Å². The summed E-state index contributed by atoms with van der Waals surface area (Å²) >= 11 is 0. The minimum Gasteiger partial charge on any atom is -0.460 e. The molecule has 1 aromatic heterocycles. The summed E-state index contributed by atoms with van der Waals surface area (Å²) in [7, 11) is -3.63. The molecule has 1 fully saturated rings. The van der Waals surface area contributed by atoms with Gasteiger partial charge in [0.15, 0.2) is 0 Å². The molecule has 3 aromatic rings. The van der Waals surface area contributed by atoms with E-state index in [0.29, 0.717) is 17.5 Å². The van der Waals surface area contributed by atoms with E-state index in [1.54, 1.807) is 31.2 Å². The first-order chi connectivity index (χ1) is 15.8. The lowest BCUT2D eigenvalue weighted by atomic mass is 10.1. The third-order valence-electron chi connectivity index (χ3n) is 5.76. The van der Waals surface area contributed by atoms with Crippen molar-refractivity contribution in [2.75, 3.05) is 18.5 Å². The largest absolute Gasteiger partial charge is 0.460 e. The summed E-state index contributed by atoms with van der Waals surface area (Å²) in [4.78, 5) is 25.4. The highest BCUT2D eigenvalue weighted by molar-refractivity contribution is 7.89. The van der Waals surface area contributed by atoms with Gasteiger partial charge < -0.3 is 14.5 Å². The third kappa shape index (κ3) is 4.51. The fourth-order valence-corrected chi connectivity index (χ4v) is 5.74. The van der Waals surface area contributed by atoms with E-state index in [-0.39, 0.29) is 34.6 Å². The van der Waals surface area contributed by atoms with Crippen LogP contribution in [0.4, 0.5) is 5.69 Å². The number of furan rings is 1. The van der Waals surface area contributed by atoms with Crippen LogP contribution >= 0.6 is 0 Å². The Labute approximate surface area is 192 Å². The van der Waals surface area contributed by atoms with E-state index in [9.17, 15) is 18.0 Å². The first-order valence-corrected chi connectivity index (χ1v) is 12.4. The van der Waals surface area contributed by atoms with E-state index in [0.717, 1.165) is 19.3 Å². The van der Waals surface area contributed by atoms with Gasteiger partial charge in [-0.1, -0.05) is 18.6 Å². The number of sulfonamides is 1. The number of para-hydroxylation sites is 1. The average Bonchev–Trinajstić information content (AvgIpc) is 3.18. The van der Waals surface area contributed by atoms with Gasteiger partial charge in [0.05, 0.1) is 11.5 Å². The third-order valence-corrected chi connectivity index (χ3v) is 7.79. The molecule has 1 aliphatic heterocycles. The number of benzene rings is 2. The second kappa shape index (κ2) is 9.36. The maximum Gasteiger partial charge on any atom is 0.376 e. The molecule has 2 aromatic carbocycles. The van der Waals surface area contributed by atoms with E-state index in [2.05, 4.69) is 5.32 Å². The molecule has 4 rings (SSSR count). The molecule has 174 valence electrons. The summed E-state index contributed by atoms with van der Waals surface area (Å²) in [5.74, 6) is -1.27. The summed E-state index contributed by atoms with van der Waals surface area (Å²) in [6, 6.07) is 12.7. The molecule has 1 saturated heterocycles. The van der Waals surface area contributed by atoms with Gasteiger partial charge in [-0.2, -0.15) is 4.31 Å². The number of ether oxygens (including phenoxy) is 1. The quantitative estimate of drug-likeness (QED) is 0.535. The number of anilines is 1. The summed E-state index contributed by atoms with van der Waals surface area (Å²) < 4.78 is 38.2. The lowest BCUT2D eigenvalue weighted by molar-refractivity contribution is 0.0494. The number of fused-ring (bicyclic) bond motifs is 1. The molecular formula is C24H26N2O6S. The summed E-state index contributed by atoms with van der Waals surface area (Å²) in [6.07, 6.45) is 2.69. The Hall–Kier alpha value is -3.17. The van der Waals surface area contributed by atoms with E-state index >= 15 is 0 Å². The highest BCUT2D eigenvalue weighted by atomic mass is 32.2. The zero-order valence-corrected chi connectivity index (χ0v) is 19.4. The van der Waals surface area contributed by atoms with Crippen molar-refractivity contribution in [3.63, 3.8) is 0 Å². The average molecular weight is 471 g/mol. The van der Waals surface area contributed by atoms with Crippen LogP contribution in [0, 0.1) is 0 Å². The van der Waals surface area contributed by atoms with E-state index in [4.69, 9.17) is 9.15 Å². The molecule has 0 radical (unpaired) electrons. The smallest absolute Gasteiger partial charge is 0.376 e. The second-order valence-electron chi connectivity index (χ2n) is 7.96. The zero-order chi connectivity index (χ0) is 23.6. The molecule has 0 bridgehead atoms. The first-order valence-electron chi connectivity index (χ1n) is 10.9. The van der Waals surface area contributed by atoms with Crippen LogP contribution in [-0.4, -0.2) is 43.8 Å². The number of nitrogens with zero attached hydrogens (tertiary/aromatic N) is 1. The standard InChI is InChI=1S/C24H26N2O6S/c1-3-31-24(28)22-21(19-9-4-5-10-20(19)32-22)25-23(27)17-11-13-18(14-12-17)33(29,30)26-15-7-6-8-16(26)2/h4-5,9-14,16H,3,6-8,15H2,1-2H3,(H,25,27). The van der Waals surface area contributed by atoms with Crippen LogP contribution < -0.4 is 5.32 Å². The normalized spacial score (nSPS) is 17.1. The minimum absolute atomic E-state index is 0.0533. The van der Waals surface area contributed by atoms with Gasteiger partial charge in [0.2, 0.25) is 15.8 Å². The molecule has 1 aliphatic rings. The topological polar surface area (TPSA) is 106 Å². The number of rotatable bonds is 6. The molecule has 0 aliphatic carbocycles. The Balaban J connectivity index is 1.59. The summed E-state index contributed by atoms with van der Waals surface area (Å²) in [5.41, 5.74) is 0.904. The number of hydrogen-bond acceptors (Lipinski definition) is 6. The number of amides is 1. The number of piperidine rings is 1. The number of hydrogen-bond donors (Lipinski definition) is 1. The highest BCUT2D eigenvalue weighted by Crippen LogP contribution is 2.32. The van der Waals surface area contributed by atoms with Crippen molar-refractivity contribution in [3.8, 4) is 0 Å². The molecule has 33 heavy (non-hydrogen) atoms. The van der Waals surface area contributed by atoms with Crippen LogP contribution in [0.1, 0.15) is 54.0 Å². The Bertz CT molecular complexity index is 1280. The first kappa shape index (κ1) is 23.0. The van der Waals surface area contributed by atoms with Crippen molar-refractivity contribution in [1.82, 2.24) is 4.31 Å². The van der Waals surface area contributed by atoms with Crippen molar-refractivity contribution < 1.29 is 27.2 Å². The van der Waals surface area contributed by atoms with E-state index < -0.39 is 21.9 Å². The summed E-state index contributed by atoms with van der Waals surface area (Å²) in [5, 5.41) is 3.29. The molecule has 1 N–H and O–H groups in total. The van der Waals surface area contributed by atoms with Gasteiger partial charge in [-0.25, -0.2) is 13.2 Å². The predicted octanol–water partition coefficient (Wildman–Crippen LogP) is 4.42. The Morgan fingerprint density at radius 2 is 1.85 bits per heavy atom. The Kier molecular flexibility index (Phi) is 6.53. The molecule has 0 saturated carbocycles. The number of carbonyl (C=O) groups is 2. The highest BCUT2D eigenvalue weighted by Gasteiger charge is 2.31. The Morgan fingerprint density at radius 3 is 2.55 bits per heavy atom. The maximum absolute atomic E-state index is 13.0. The van der Waals surface area contributed by atoms with Crippen LogP contribution in [0.5, 0.6) is 0 Å². The van der Waals surface area contributed by atoms with Gasteiger partial charge in [0.25, 0.3) is 5.91 Å². The summed E-state index contributed by atoms with van der Waals surface area (Å²) in [6.45, 7) is 4.25. The Morgan fingerprint density at radius 1 is 1.12 bits per heavy atom. The van der Waals surface area contributed by atoms with Crippen LogP contribution in [0.2, 0.25) is 0 Å². The van der Waals surface area contributed by atoms with Crippen LogP contribution in [0.3, 0.4) is 0 Å². The zero-order valence-electron chi connectivity index (χ0n) is 18.5. The van der Waals surface area contributed by atoms with Gasteiger partial charge in [0, 0.05) is 23.5 Å². The van der Waals surface area contributed by atoms with Gasteiger partial charge in [-0.15, -0.1) is 0 Å². The number of nitrogens with one attached hydrogen (secondary N) is 1. The minimum atomic E-state index is -3.63. The molecule has 1 atom stereocenters. The van der Waals surface area contributed by atoms with Crippen LogP contribution in [-0.2, 0) is 14.8 Å². The molecular weight excluding hydrogens is 444 g/mol. The van der Waals surface area contributed by atoms with Gasteiger partial charge in [-0.05, 0) is 63.1 Å². The van der Waals surface area contributed by atoms with Crippen molar-refractivity contribution in [1.29, 1.82) is 0 Å². The molecule has 2 heterocycles. The number of esters is 1. The molecule has 9 heteroatoms. The van der Waals surface area contributed by atoms with E-state index in [1.165, 1.54) is 28.6 Å². The van der Waals surface area contributed by atoms with Crippen molar-refractivity contribution in [3.05, 3.63) is 59.9 Å². The fourth-order valence-electron chi connectivity index (χ4n) is 4.04. The maximum atomic E-state index is 13.0. The van der Waals surface area contributed by atoms with Crippen LogP contribution in [0.15, 0.2) is 57.8 Å². The van der Waals surface area contributed by atoms with E-state index in [1.807, 2.05) is 6.92 Å². The predicted molar refractivity (Wildman–Crippen MR) is 124 cm³/mol. The number of carbonyl (C=O) groups excluding carboxylic acids is 2. The van der Waals surface area contributed by atoms with Crippen LogP contribution in [0.25, 0.3) is 11.0 Å². The van der Waals surface area contributed by atoms with Crippen molar-refractivity contribution in [2.24, 2.45) is 0 Å². The van der Waals surface area contributed by atoms with Gasteiger partial charge in [-0.3, -0.25) is 4.79 Å². The van der Waals surface area contributed by atoms with Crippen molar-refractivity contribution >= 4 is 38.6 Å². The lowest BCUT2D eigenvalue weighted by Crippen LogP contribution is -2.41.